The van der Waals surface area contributed by atoms with E-state index < -0.39 is 6.09 Å². The highest BCUT2D eigenvalue weighted by atomic mass is 16.4. The maximum atomic E-state index is 10.4. The molecule has 7 nitrogen and oxygen atoms in total. The van der Waals surface area contributed by atoms with Crippen LogP contribution in [0.3, 0.4) is 0 Å². The first-order chi connectivity index (χ1) is 6.99. The van der Waals surface area contributed by atoms with Gasteiger partial charge in [-0.1, -0.05) is 12.0 Å². The number of amides is 1. The molecular formula is C8H14N4O3. The average Bonchev–Trinajstić information content (AvgIpc) is 2.50. The second-order valence-corrected chi connectivity index (χ2v) is 3.45. The second-order valence-electron chi connectivity index (χ2n) is 3.45. The molecule has 0 bridgehead atoms. The number of hydrogen-bond donors (Lipinski definition) is 3. The largest absolute Gasteiger partial charge is 0.465 e. The summed E-state index contributed by atoms with van der Waals surface area (Å²) >= 11 is 0. The number of carboxylic acid groups (broad SMARTS) is 1. The van der Waals surface area contributed by atoms with E-state index in [9.17, 15) is 4.79 Å². The highest BCUT2D eigenvalue weighted by molar-refractivity contribution is 5.64. The Kier molecular flexibility index (Phi) is 3.48. The zero-order valence-electron chi connectivity index (χ0n) is 8.60. The SMILES string of the molecule is CC(Cc1nnc(N)o1)C(C)NC(=O)O. The van der Waals surface area contributed by atoms with Crippen molar-refractivity contribution in [2.75, 3.05) is 5.73 Å². The minimum Gasteiger partial charge on any atom is -0.465 e. The highest BCUT2D eigenvalue weighted by Crippen LogP contribution is 2.11. The normalized spacial score (nSPS) is 14.5. The highest BCUT2D eigenvalue weighted by Gasteiger charge is 2.17. The van der Waals surface area contributed by atoms with Gasteiger partial charge in [-0.15, -0.1) is 5.10 Å². The lowest BCUT2D eigenvalue weighted by Crippen LogP contribution is -2.36. The monoisotopic (exact) mass is 214 g/mol. The summed E-state index contributed by atoms with van der Waals surface area (Å²) in [5, 5.41) is 18.1. The van der Waals surface area contributed by atoms with Gasteiger partial charge in [0.05, 0.1) is 0 Å². The molecule has 0 spiro atoms. The van der Waals surface area contributed by atoms with E-state index in [2.05, 4.69) is 15.5 Å². The van der Waals surface area contributed by atoms with Gasteiger partial charge >= 0.3 is 12.1 Å². The minimum atomic E-state index is -1.04. The third-order valence-corrected chi connectivity index (χ3v) is 2.18. The van der Waals surface area contributed by atoms with E-state index in [-0.39, 0.29) is 18.0 Å². The van der Waals surface area contributed by atoms with Gasteiger partial charge in [-0.25, -0.2) is 4.79 Å². The molecule has 0 saturated heterocycles. The van der Waals surface area contributed by atoms with Gasteiger partial charge in [0.15, 0.2) is 0 Å². The van der Waals surface area contributed by atoms with Crippen molar-refractivity contribution in [1.82, 2.24) is 15.5 Å². The Morgan fingerprint density at radius 2 is 2.27 bits per heavy atom. The maximum absolute atomic E-state index is 10.4. The number of nitrogens with one attached hydrogen (secondary N) is 1. The summed E-state index contributed by atoms with van der Waals surface area (Å²) in [6.07, 6.45) is -0.551. The van der Waals surface area contributed by atoms with E-state index in [4.69, 9.17) is 15.3 Å². The average molecular weight is 214 g/mol. The summed E-state index contributed by atoms with van der Waals surface area (Å²) in [5.74, 6) is 0.472. The van der Waals surface area contributed by atoms with Crippen molar-refractivity contribution in [2.45, 2.75) is 26.3 Å². The van der Waals surface area contributed by atoms with Crippen LogP contribution in [0.15, 0.2) is 4.42 Å². The van der Waals surface area contributed by atoms with Crippen molar-refractivity contribution in [3.8, 4) is 0 Å². The maximum Gasteiger partial charge on any atom is 0.404 e. The van der Waals surface area contributed by atoms with Crippen LogP contribution in [0.2, 0.25) is 0 Å². The lowest BCUT2D eigenvalue weighted by atomic mass is 10.0. The zero-order chi connectivity index (χ0) is 11.4. The Morgan fingerprint density at radius 1 is 1.60 bits per heavy atom. The molecule has 84 valence electrons. The molecule has 0 aliphatic rings. The second kappa shape index (κ2) is 4.63. The molecule has 0 fully saturated rings. The molecule has 7 heteroatoms. The zero-order valence-corrected chi connectivity index (χ0v) is 8.60. The number of rotatable bonds is 4. The van der Waals surface area contributed by atoms with E-state index in [0.29, 0.717) is 12.3 Å². The number of carbonyl (C=O) groups is 1. The number of aromatic nitrogens is 2. The molecule has 1 rings (SSSR count). The topological polar surface area (TPSA) is 114 Å². The molecule has 1 aromatic heterocycles. The Balaban J connectivity index is 2.47. The van der Waals surface area contributed by atoms with Crippen LogP contribution >= 0.6 is 0 Å². The van der Waals surface area contributed by atoms with Crippen molar-refractivity contribution >= 4 is 12.1 Å². The summed E-state index contributed by atoms with van der Waals surface area (Å²) in [4.78, 5) is 10.4. The molecule has 15 heavy (non-hydrogen) atoms. The van der Waals surface area contributed by atoms with Crippen LogP contribution in [-0.4, -0.2) is 27.4 Å². The van der Waals surface area contributed by atoms with Crippen LogP contribution in [0, 0.1) is 5.92 Å². The van der Waals surface area contributed by atoms with Crippen molar-refractivity contribution < 1.29 is 14.3 Å². The van der Waals surface area contributed by atoms with Gasteiger partial charge in [0.25, 0.3) is 0 Å². The summed E-state index contributed by atoms with van der Waals surface area (Å²) in [6, 6.07) is -0.160. The first kappa shape index (κ1) is 11.3. The van der Waals surface area contributed by atoms with Gasteiger partial charge in [-0.3, -0.25) is 0 Å². The summed E-state index contributed by atoms with van der Waals surface area (Å²) < 4.78 is 4.99. The van der Waals surface area contributed by atoms with Crippen molar-refractivity contribution in [3.05, 3.63) is 5.89 Å². The fourth-order valence-corrected chi connectivity index (χ4v) is 1.14. The quantitative estimate of drug-likeness (QED) is 0.671. The molecule has 1 aromatic rings. The molecule has 1 heterocycles. The molecule has 1 amide bonds. The van der Waals surface area contributed by atoms with Crippen molar-refractivity contribution in [2.24, 2.45) is 5.92 Å². The first-order valence-corrected chi connectivity index (χ1v) is 4.56. The fourth-order valence-electron chi connectivity index (χ4n) is 1.14. The van der Waals surface area contributed by atoms with Crippen LogP contribution in [0.1, 0.15) is 19.7 Å². The van der Waals surface area contributed by atoms with Crippen LogP contribution in [0.4, 0.5) is 10.8 Å². The van der Waals surface area contributed by atoms with E-state index in [1.807, 2.05) is 6.92 Å². The van der Waals surface area contributed by atoms with Gasteiger partial charge in [0, 0.05) is 12.5 Å². The Bertz CT molecular complexity index is 338. The van der Waals surface area contributed by atoms with Crippen molar-refractivity contribution in [1.29, 1.82) is 0 Å². The van der Waals surface area contributed by atoms with Gasteiger partial charge < -0.3 is 20.6 Å². The number of anilines is 1. The number of nitrogen functional groups attached to an aromatic ring is 1. The van der Waals surface area contributed by atoms with E-state index in [1.54, 1.807) is 6.92 Å². The van der Waals surface area contributed by atoms with E-state index in [1.165, 1.54) is 0 Å². The van der Waals surface area contributed by atoms with Crippen LogP contribution in [0.5, 0.6) is 0 Å². The van der Waals surface area contributed by atoms with Crippen molar-refractivity contribution in [3.63, 3.8) is 0 Å². The van der Waals surface area contributed by atoms with Crippen LogP contribution in [-0.2, 0) is 6.42 Å². The summed E-state index contributed by atoms with van der Waals surface area (Å²) in [5.41, 5.74) is 5.26. The third kappa shape index (κ3) is 3.45. The van der Waals surface area contributed by atoms with Gasteiger partial charge in [0.2, 0.25) is 5.89 Å². The van der Waals surface area contributed by atoms with E-state index in [0.717, 1.165) is 0 Å². The molecule has 0 aliphatic heterocycles. The molecule has 0 aliphatic carbocycles. The van der Waals surface area contributed by atoms with Crippen LogP contribution < -0.4 is 11.1 Å². The Labute approximate surface area is 86.7 Å². The Hall–Kier alpha value is -1.79. The third-order valence-electron chi connectivity index (χ3n) is 2.18. The smallest absolute Gasteiger partial charge is 0.404 e. The predicted molar refractivity (Wildman–Crippen MR) is 52.2 cm³/mol. The first-order valence-electron chi connectivity index (χ1n) is 4.56. The number of nitrogens with zero attached hydrogens (tertiary/aromatic N) is 2. The number of nitrogens with two attached hydrogens (primary N) is 1. The fraction of sp³-hybridized carbons (Fsp3) is 0.625. The molecule has 2 unspecified atom stereocenters. The van der Waals surface area contributed by atoms with Gasteiger partial charge in [-0.2, -0.15) is 0 Å². The van der Waals surface area contributed by atoms with E-state index >= 15 is 0 Å². The standard InChI is InChI=1S/C8H14N4O3/c1-4(5(2)10-8(13)14)3-6-11-12-7(9)15-6/h4-5,10H,3H2,1-2H3,(H2,9,12)(H,13,14). The van der Waals surface area contributed by atoms with Gasteiger partial charge in [-0.05, 0) is 12.8 Å². The Morgan fingerprint density at radius 3 is 2.73 bits per heavy atom. The number of hydrogen-bond acceptors (Lipinski definition) is 5. The summed E-state index contributed by atoms with van der Waals surface area (Å²) in [6.45, 7) is 3.67. The molecule has 0 aromatic carbocycles. The molecule has 0 radical (unpaired) electrons. The lowest BCUT2D eigenvalue weighted by Gasteiger charge is -2.17. The molecule has 2 atom stereocenters. The van der Waals surface area contributed by atoms with Crippen LogP contribution in [0.25, 0.3) is 0 Å². The predicted octanol–water partition coefficient (Wildman–Crippen LogP) is 0.486. The molecule has 4 N–H and O–H groups in total. The summed E-state index contributed by atoms with van der Waals surface area (Å²) in [7, 11) is 0. The molecule has 0 saturated carbocycles. The lowest BCUT2D eigenvalue weighted by molar-refractivity contribution is 0.186. The minimum absolute atomic E-state index is 0.0241. The van der Waals surface area contributed by atoms with Gasteiger partial charge in [0.1, 0.15) is 0 Å². The molecular weight excluding hydrogens is 200 g/mol.